The second-order valence-corrected chi connectivity index (χ2v) is 7.28. The fourth-order valence-corrected chi connectivity index (χ4v) is 3.83. The van der Waals surface area contributed by atoms with E-state index in [1.165, 1.54) is 24.8 Å². The topological polar surface area (TPSA) is 58.3 Å². The average Bonchev–Trinajstić information content (AvgIpc) is 3.23. The van der Waals surface area contributed by atoms with Crippen LogP contribution in [0.25, 0.3) is 0 Å². The Morgan fingerprint density at radius 1 is 1.33 bits per heavy atom. The van der Waals surface area contributed by atoms with Gasteiger partial charge in [-0.25, -0.2) is 0 Å². The summed E-state index contributed by atoms with van der Waals surface area (Å²) in [4.78, 5) is 13.6. The molecule has 0 unspecified atom stereocenters. The van der Waals surface area contributed by atoms with Crippen LogP contribution in [0.1, 0.15) is 48.5 Å². The van der Waals surface area contributed by atoms with Gasteiger partial charge in [-0.05, 0) is 57.5 Å². The van der Waals surface area contributed by atoms with Crippen LogP contribution in [0.3, 0.4) is 0 Å². The Morgan fingerprint density at radius 3 is 2.96 bits per heavy atom. The lowest BCUT2D eigenvalue weighted by Crippen LogP contribution is -2.30. The summed E-state index contributed by atoms with van der Waals surface area (Å²) < 4.78 is 5.41. The number of aromatic nitrogens is 3. The molecule has 0 spiro atoms. The average molecular weight is 327 g/mol. The Bertz CT molecular complexity index is 669. The zero-order valence-corrected chi connectivity index (χ0v) is 14.4. The van der Waals surface area contributed by atoms with Crippen molar-refractivity contribution in [2.45, 2.75) is 37.8 Å². The molecule has 128 valence electrons. The molecule has 0 aromatic carbocycles. The molecule has 1 aliphatic heterocycles. The summed E-state index contributed by atoms with van der Waals surface area (Å²) in [7, 11) is 4.34. The molecule has 0 amide bonds. The van der Waals surface area contributed by atoms with E-state index in [4.69, 9.17) is 4.52 Å². The van der Waals surface area contributed by atoms with E-state index in [0.29, 0.717) is 17.9 Å². The van der Waals surface area contributed by atoms with Crippen molar-refractivity contribution in [3.8, 4) is 0 Å². The highest BCUT2D eigenvalue weighted by molar-refractivity contribution is 5.17. The van der Waals surface area contributed by atoms with Gasteiger partial charge in [0.15, 0.2) is 5.82 Å². The molecule has 0 radical (unpaired) electrons. The minimum absolute atomic E-state index is 0.436. The van der Waals surface area contributed by atoms with Crippen molar-refractivity contribution in [2.24, 2.45) is 5.92 Å². The van der Waals surface area contributed by atoms with E-state index in [-0.39, 0.29) is 0 Å². The van der Waals surface area contributed by atoms with E-state index in [0.717, 1.165) is 31.3 Å². The number of likely N-dealkylation sites (tertiary alicyclic amines) is 1. The predicted molar refractivity (Wildman–Crippen MR) is 90.3 cm³/mol. The molecular weight excluding hydrogens is 302 g/mol. The van der Waals surface area contributed by atoms with Crippen molar-refractivity contribution in [3.63, 3.8) is 0 Å². The fraction of sp³-hybridized carbons (Fsp3) is 0.611. The summed E-state index contributed by atoms with van der Waals surface area (Å²) in [5.41, 5.74) is 1.31. The van der Waals surface area contributed by atoms with Gasteiger partial charge in [0.25, 0.3) is 0 Å². The quantitative estimate of drug-likeness (QED) is 0.812. The molecule has 4 rings (SSSR count). The maximum Gasteiger partial charge on any atom is 0.240 e. The van der Waals surface area contributed by atoms with Gasteiger partial charge in [0.2, 0.25) is 5.89 Å². The summed E-state index contributed by atoms with van der Waals surface area (Å²) in [6.07, 6.45) is 7.45. The van der Waals surface area contributed by atoms with E-state index in [2.05, 4.69) is 45.1 Å². The SMILES string of the molecule is CN(Cc1nc(C2CC2)no1)C[C@@H]1CCN(C)[C@H]1c1cccnc1. The van der Waals surface area contributed by atoms with Crippen LogP contribution in [0.15, 0.2) is 29.0 Å². The van der Waals surface area contributed by atoms with Crippen molar-refractivity contribution in [2.75, 3.05) is 27.2 Å². The van der Waals surface area contributed by atoms with Crippen LogP contribution in [-0.2, 0) is 6.54 Å². The molecule has 6 nitrogen and oxygen atoms in total. The predicted octanol–water partition coefficient (Wildman–Crippen LogP) is 2.47. The van der Waals surface area contributed by atoms with Crippen LogP contribution >= 0.6 is 0 Å². The van der Waals surface area contributed by atoms with Crippen molar-refractivity contribution >= 4 is 0 Å². The molecule has 24 heavy (non-hydrogen) atoms. The number of hydrogen-bond acceptors (Lipinski definition) is 6. The Labute approximate surface area is 142 Å². The lowest BCUT2D eigenvalue weighted by atomic mass is 9.94. The zero-order chi connectivity index (χ0) is 16.5. The molecule has 1 saturated carbocycles. The van der Waals surface area contributed by atoms with Crippen LogP contribution in [0.5, 0.6) is 0 Å². The van der Waals surface area contributed by atoms with Crippen LogP contribution in [0, 0.1) is 5.92 Å². The number of nitrogens with zero attached hydrogens (tertiary/aromatic N) is 5. The second-order valence-electron chi connectivity index (χ2n) is 7.28. The Balaban J connectivity index is 1.39. The van der Waals surface area contributed by atoms with Gasteiger partial charge in [-0.1, -0.05) is 11.2 Å². The first kappa shape index (κ1) is 15.7. The van der Waals surface area contributed by atoms with Crippen molar-refractivity contribution in [3.05, 3.63) is 41.8 Å². The Hall–Kier alpha value is -1.79. The highest BCUT2D eigenvalue weighted by Gasteiger charge is 2.34. The molecule has 2 fully saturated rings. The normalized spacial score (nSPS) is 24.8. The van der Waals surface area contributed by atoms with Crippen LogP contribution in [-0.4, -0.2) is 52.1 Å². The van der Waals surface area contributed by atoms with Gasteiger partial charge in [-0.2, -0.15) is 4.98 Å². The van der Waals surface area contributed by atoms with E-state index in [1.807, 2.05) is 18.5 Å². The number of rotatable bonds is 6. The van der Waals surface area contributed by atoms with E-state index in [9.17, 15) is 0 Å². The Kier molecular flexibility index (Phi) is 4.33. The van der Waals surface area contributed by atoms with Crippen LogP contribution in [0.4, 0.5) is 0 Å². The molecular formula is C18H25N5O. The summed E-state index contributed by atoms with van der Waals surface area (Å²) in [5.74, 6) is 2.78. The first-order valence-corrected chi connectivity index (χ1v) is 8.82. The number of pyridine rings is 1. The van der Waals surface area contributed by atoms with Crippen LogP contribution < -0.4 is 0 Å². The first-order chi connectivity index (χ1) is 11.7. The Morgan fingerprint density at radius 2 is 2.21 bits per heavy atom. The van der Waals surface area contributed by atoms with Gasteiger partial charge < -0.3 is 4.52 Å². The van der Waals surface area contributed by atoms with E-state index < -0.39 is 0 Å². The molecule has 2 aromatic heterocycles. The van der Waals surface area contributed by atoms with Gasteiger partial charge in [0, 0.05) is 30.9 Å². The van der Waals surface area contributed by atoms with Gasteiger partial charge in [-0.15, -0.1) is 0 Å². The minimum atomic E-state index is 0.436. The van der Waals surface area contributed by atoms with Crippen LogP contribution in [0.2, 0.25) is 0 Å². The molecule has 2 aliphatic rings. The molecule has 6 heteroatoms. The molecule has 1 aliphatic carbocycles. The van der Waals surface area contributed by atoms with Crippen molar-refractivity contribution in [1.82, 2.24) is 24.9 Å². The molecule has 2 aromatic rings. The maximum absolute atomic E-state index is 5.41. The molecule has 1 saturated heterocycles. The number of hydrogen-bond donors (Lipinski definition) is 0. The lowest BCUT2D eigenvalue weighted by Gasteiger charge is -2.28. The molecule has 0 N–H and O–H groups in total. The minimum Gasteiger partial charge on any atom is -0.338 e. The standard InChI is InChI=1S/C18H25N5O/c1-22(12-16-20-18(21-24-16)13-5-6-13)11-15-7-9-23(2)17(15)14-4-3-8-19-10-14/h3-4,8,10,13,15,17H,5-7,9,11-12H2,1-2H3/t15-,17-/m0/s1. The third-order valence-corrected chi connectivity index (χ3v) is 5.18. The summed E-state index contributed by atoms with van der Waals surface area (Å²) in [6.45, 7) is 2.87. The lowest BCUT2D eigenvalue weighted by molar-refractivity contribution is 0.197. The molecule has 3 heterocycles. The maximum atomic E-state index is 5.41. The zero-order valence-electron chi connectivity index (χ0n) is 14.4. The van der Waals surface area contributed by atoms with Gasteiger partial charge in [0.05, 0.1) is 6.54 Å². The van der Waals surface area contributed by atoms with Gasteiger partial charge in [-0.3, -0.25) is 14.8 Å². The van der Waals surface area contributed by atoms with E-state index in [1.54, 1.807) is 0 Å². The molecule has 0 bridgehead atoms. The largest absolute Gasteiger partial charge is 0.338 e. The van der Waals surface area contributed by atoms with E-state index >= 15 is 0 Å². The third-order valence-electron chi connectivity index (χ3n) is 5.18. The highest BCUT2D eigenvalue weighted by atomic mass is 16.5. The highest BCUT2D eigenvalue weighted by Crippen LogP contribution is 2.38. The van der Waals surface area contributed by atoms with Crippen molar-refractivity contribution in [1.29, 1.82) is 0 Å². The van der Waals surface area contributed by atoms with Gasteiger partial charge >= 0.3 is 0 Å². The second kappa shape index (κ2) is 6.61. The summed E-state index contributed by atoms with van der Waals surface area (Å²) >= 11 is 0. The summed E-state index contributed by atoms with van der Waals surface area (Å²) in [5, 5.41) is 4.11. The fourth-order valence-electron chi connectivity index (χ4n) is 3.83. The van der Waals surface area contributed by atoms with Gasteiger partial charge in [0.1, 0.15) is 0 Å². The summed E-state index contributed by atoms with van der Waals surface area (Å²) in [6, 6.07) is 4.65. The first-order valence-electron chi connectivity index (χ1n) is 8.82. The third kappa shape index (κ3) is 3.35. The smallest absolute Gasteiger partial charge is 0.240 e. The van der Waals surface area contributed by atoms with Crippen molar-refractivity contribution < 1.29 is 4.52 Å². The monoisotopic (exact) mass is 327 g/mol. The molecule has 2 atom stereocenters.